The van der Waals surface area contributed by atoms with Crippen molar-refractivity contribution in [2.75, 3.05) is 0 Å². The molecule has 0 bridgehead atoms. The third-order valence-corrected chi connectivity index (χ3v) is 1.79. The Morgan fingerprint density at radius 1 is 1.18 bits per heavy atom. The maximum absolute atomic E-state index is 12.2. The number of nitrogens with zero attached hydrogens (tertiary/aromatic N) is 2. The van der Waals surface area contributed by atoms with Crippen molar-refractivity contribution in [2.45, 2.75) is 12.4 Å². The number of pyridine rings is 1. The maximum atomic E-state index is 12.2. The fourth-order valence-electron chi connectivity index (χ4n) is 0.821. The lowest BCUT2D eigenvalue weighted by atomic mass is 10.3. The Labute approximate surface area is 95.9 Å². The van der Waals surface area contributed by atoms with Crippen LogP contribution in [-0.4, -0.2) is 16.3 Å². The molecule has 1 heterocycles. The van der Waals surface area contributed by atoms with Crippen molar-refractivity contribution in [3.05, 3.63) is 24.0 Å². The molecule has 1 aromatic heterocycles. The van der Waals surface area contributed by atoms with Gasteiger partial charge in [-0.2, -0.15) is 26.3 Å². The Hall–Kier alpha value is -1.31. The van der Waals surface area contributed by atoms with Crippen molar-refractivity contribution in [3.63, 3.8) is 0 Å². The summed E-state index contributed by atoms with van der Waals surface area (Å²) in [7, 11) is 0. The monoisotopic (exact) mass is 276 g/mol. The van der Waals surface area contributed by atoms with Crippen LogP contribution < -0.4 is 0 Å². The highest BCUT2D eigenvalue weighted by Crippen LogP contribution is 2.30. The molecular formula is C8H3ClF6N2. The van der Waals surface area contributed by atoms with E-state index in [4.69, 9.17) is 11.6 Å². The fraction of sp³-hybridized carbons (Fsp3) is 0.250. The van der Waals surface area contributed by atoms with E-state index in [1.807, 2.05) is 0 Å². The molecule has 94 valence electrons. The lowest BCUT2D eigenvalue weighted by Crippen LogP contribution is -2.16. The van der Waals surface area contributed by atoms with Crippen LogP contribution in [0.15, 0.2) is 23.3 Å². The van der Waals surface area contributed by atoms with Gasteiger partial charge in [-0.15, -0.1) is 0 Å². The van der Waals surface area contributed by atoms with Gasteiger partial charge >= 0.3 is 12.4 Å². The molecule has 9 heteroatoms. The molecule has 0 N–H and O–H groups in total. The summed E-state index contributed by atoms with van der Waals surface area (Å²) >= 11 is 4.78. The highest BCUT2D eigenvalue weighted by molar-refractivity contribution is 6.67. The largest absolute Gasteiger partial charge is 0.444 e. The van der Waals surface area contributed by atoms with Crippen LogP contribution in [0.4, 0.5) is 32.0 Å². The van der Waals surface area contributed by atoms with Crippen LogP contribution >= 0.6 is 11.6 Å². The predicted octanol–water partition coefficient (Wildman–Crippen LogP) is 3.93. The van der Waals surface area contributed by atoms with E-state index in [1.165, 1.54) is 0 Å². The molecular weight excluding hydrogens is 274 g/mol. The zero-order valence-corrected chi connectivity index (χ0v) is 8.53. The molecule has 1 aromatic rings. The summed E-state index contributed by atoms with van der Waals surface area (Å²) in [5.74, 6) is 0. The highest BCUT2D eigenvalue weighted by atomic mass is 35.5. The molecule has 0 aliphatic rings. The van der Waals surface area contributed by atoms with Gasteiger partial charge in [0.2, 0.25) is 5.17 Å². The molecule has 0 atom stereocenters. The average Bonchev–Trinajstić information content (AvgIpc) is 2.15. The molecule has 0 spiro atoms. The van der Waals surface area contributed by atoms with E-state index in [0.717, 1.165) is 6.07 Å². The van der Waals surface area contributed by atoms with Gasteiger partial charge in [-0.3, -0.25) is 4.98 Å². The normalized spacial score (nSPS) is 13.9. The topological polar surface area (TPSA) is 25.2 Å². The molecule has 2 nitrogen and oxygen atoms in total. The minimum absolute atomic E-state index is 0.369. The van der Waals surface area contributed by atoms with E-state index in [-0.39, 0.29) is 0 Å². The number of hydrogen-bond acceptors (Lipinski definition) is 2. The van der Waals surface area contributed by atoms with Crippen LogP contribution in [0, 0.1) is 0 Å². The molecule has 1 rings (SSSR count). The van der Waals surface area contributed by atoms with Crippen molar-refractivity contribution in [3.8, 4) is 0 Å². The number of aromatic nitrogens is 1. The second-order valence-corrected chi connectivity index (χ2v) is 3.16. The van der Waals surface area contributed by atoms with E-state index >= 15 is 0 Å². The Morgan fingerprint density at radius 3 is 2.24 bits per heavy atom. The summed E-state index contributed by atoms with van der Waals surface area (Å²) in [6.07, 6.45) is -8.96. The van der Waals surface area contributed by atoms with Crippen molar-refractivity contribution in [1.82, 2.24) is 4.98 Å². The molecule has 0 fully saturated rings. The summed E-state index contributed by atoms with van der Waals surface area (Å²) in [5, 5.41) is -1.75. The molecule has 0 unspecified atom stereocenters. The molecule has 0 aromatic carbocycles. The summed E-state index contributed by atoms with van der Waals surface area (Å²) in [4.78, 5) is 5.78. The first-order valence-electron chi connectivity index (χ1n) is 3.95. The third kappa shape index (κ3) is 3.88. The van der Waals surface area contributed by atoms with Crippen LogP contribution in [0.25, 0.3) is 0 Å². The summed E-state index contributed by atoms with van der Waals surface area (Å²) in [5.41, 5.74) is -1.92. The molecule has 0 aliphatic heterocycles. The van der Waals surface area contributed by atoms with E-state index in [0.29, 0.717) is 12.3 Å². The van der Waals surface area contributed by atoms with Crippen molar-refractivity contribution in [2.24, 2.45) is 4.99 Å². The van der Waals surface area contributed by atoms with Gasteiger partial charge in [0, 0.05) is 6.20 Å². The average molecular weight is 277 g/mol. The number of alkyl halides is 6. The Balaban J connectivity index is 3.10. The van der Waals surface area contributed by atoms with Crippen molar-refractivity contribution in [1.29, 1.82) is 0 Å². The van der Waals surface area contributed by atoms with Gasteiger partial charge in [0.25, 0.3) is 0 Å². The van der Waals surface area contributed by atoms with Crippen molar-refractivity contribution < 1.29 is 26.3 Å². The van der Waals surface area contributed by atoms with Gasteiger partial charge in [0.1, 0.15) is 5.69 Å². The summed E-state index contributed by atoms with van der Waals surface area (Å²) < 4.78 is 72.4. The highest BCUT2D eigenvalue weighted by Gasteiger charge is 2.35. The lowest BCUT2D eigenvalue weighted by Gasteiger charge is -2.06. The van der Waals surface area contributed by atoms with E-state index in [1.54, 1.807) is 0 Å². The molecule has 0 saturated heterocycles. The van der Waals surface area contributed by atoms with Crippen LogP contribution in [-0.2, 0) is 6.18 Å². The molecule has 0 radical (unpaired) electrons. The SMILES string of the molecule is FC(F)(F)C(Cl)=Nc1ccnc(C(F)(F)F)c1. The third-order valence-electron chi connectivity index (χ3n) is 1.50. The van der Waals surface area contributed by atoms with Crippen LogP contribution in [0.2, 0.25) is 0 Å². The smallest absolute Gasteiger partial charge is 0.252 e. The number of aliphatic imine (C=N–C) groups is 1. The van der Waals surface area contributed by atoms with E-state index in [9.17, 15) is 26.3 Å². The number of hydrogen-bond donors (Lipinski definition) is 0. The Morgan fingerprint density at radius 2 is 1.76 bits per heavy atom. The Kier molecular flexibility index (Phi) is 3.65. The first-order valence-corrected chi connectivity index (χ1v) is 4.33. The van der Waals surface area contributed by atoms with Crippen LogP contribution in [0.1, 0.15) is 5.69 Å². The van der Waals surface area contributed by atoms with Crippen LogP contribution in [0.3, 0.4) is 0 Å². The van der Waals surface area contributed by atoms with Crippen LogP contribution in [0.5, 0.6) is 0 Å². The van der Waals surface area contributed by atoms with Gasteiger partial charge in [-0.1, -0.05) is 11.6 Å². The molecule has 17 heavy (non-hydrogen) atoms. The van der Waals surface area contributed by atoms with Gasteiger partial charge in [-0.05, 0) is 12.1 Å². The number of halogens is 7. The van der Waals surface area contributed by atoms with Crippen molar-refractivity contribution >= 4 is 22.5 Å². The lowest BCUT2D eigenvalue weighted by molar-refractivity contribution is -0.141. The molecule has 0 aliphatic carbocycles. The van der Waals surface area contributed by atoms with Gasteiger partial charge < -0.3 is 0 Å². The second kappa shape index (κ2) is 4.52. The summed E-state index contributed by atoms with van der Waals surface area (Å²) in [6, 6.07) is 1.25. The first kappa shape index (κ1) is 13.8. The quantitative estimate of drug-likeness (QED) is 0.563. The summed E-state index contributed by atoms with van der Waals surface area (Å²) in [6.45, 7) is 0. The molecule has 0 amide bonds. The zero-order chi connectivity index (χ0) is 13.3. The van der Waals surface area contributed by atoms with Gasteiger partial charge in [0.05, 0.1) is 5.69 Å². The maximum Gasteiger partial charge on any atom is 0.444 e. The van der Waals surface area contributed by atoms with E-state index < -0.39 is 28.9 Å². The van der Waals surface area contributed by atoms with Gasteiger partial charge in [0.15, 0.2) is 0 Å². The predicted molar refractivity (Wildman–Crippen MR) is 48.2 cm³/mol. The minimum Gasteiger partial charge on any atom is -0.252 e. The fourth-order valence-corrected chi connectivity index (χ4v) is 0.918. The van der Waals surface area contributed by atoms with E-state index in [2.05, 4.69) is 9.98 Å². The Bertz CT molecular complexity index is 436. The first-order chi connectivity index (χ1) is 7.60. The minimum atomic E-state index is -4.90. The standard InChI is InChI=1S/C8H3ClF6N2/c9-6(8(13,14)15)17-4-1-2-16-5(3-4)7(10,11)12/h1-3H. The zero-order valence-electron chi connectivity index (χ0n) is 7.77. The second-order valence-electron chi connectivity index (χ2n) is 2.80. The number of rotatable bonds is 1. The van der Waals surface area contributed by atoms with Gasteiger partial charge in [-0.25, -0.2) is 4.99 Å². The molecule has 0 saturated carbocycles.